The van der Waals surface area contributed by atoms with Crippen LogP contribution in [-0.4, -0.2) is 40.4 Å². The Morgan fingerprint density at radius 2 is 1.89 bits per heavy atom. The van der Waals surface area contributed by atoms with Gasteiger partial charge in [-0.2, -0.15) is 0 Å². The molecular weight excluding hydrogens is 374 g/mol. The number of Topliss-reactive ketones (excluding diaryl/α,β-unsaturated/α-hetero) is 1. The zero-order valence-electron chi connectivity index (χ0n) is 15.8. The lowest BCUT2D eigenvalue weighted by Gasteiger charge is -2.10. The monoisotopic (exact) mass is 393 g/mol. The number of nitrogens with zero attached hydrogens (tertiary/aromatic N) is 3. The number of rotatable bonds is 6. The van der Waals surface area contributed by atoms with Crippen molar-refractivity contribution >= 4 is 34.1 Å². The molecule has 0 aliphatic heterocycles. The quantitative estimate of drug-likeness (QED) is 0.362. The molecule has 0 amide bonds. The molecule has 6 nitrogen and oxygen atoms in total. The first kappa shape index (κ1) is 18.3. The Labute approximate surface area is 166 Å². The number of carbonyl (C=O) groups is 1. The van der Waals surface area contributed by atoms with E-state index in [0.717, 1.165) is 22.1 Å². The van der Waals surface area contributed by atoms with Gasteiger partial charge in [0.25, 0.3) is 0 Å². The Morgan fingerprint density at radius 3 is 2.68 bits per heavy atom. The molecule has 0 bridgehead atoms. The van der Waals surface area contributed by atoms with Gasteiger partial charge >= 0.3 is 0 Å². The second-order valence-corrected chi connectivity index (χ2v) is 7.24. The molecule has 0 saturated carbocycles. The van der Waals surface area contributed by atoms with Crippen molar-refractivity contribution < 1.29 is 14.3 Å². The van der Waals surface area contributed by atoms with Crippen LogP contribution in [0.1, 0.15) is 15.9 Å². The first-order valence-corrected chi connectivity index (χ1v) is 9.72. The lowest BCUT2D eigenvalue weighted by atomic mass is 10.1. The van der Waals surface area contributed by atoms with E-state index in [9.17, 15) is 4.79 Å². The molecule has 0 radical (unpaired) electrons. The molecule has 2 aromatic carbocycles. The van der Waals surface area contributed by atoms with E-state index in [1.165, 1.54) is 11.8 Å². The summed E-state index contributed by atoms with van der Waals surface area (Å²) < 4.78 is 12.5. The fourth-order valence-electron chi connectivity index (χ4n) is 3.20. The fraction of sp³-hybridized carbons (Fsp3) is 0.190. The number of para-hydroxylation sites is 1. The number of benzene rings is 2. The zero-order valence-corrected chi connectivity index (χ0v) is 16.6. The summed E-state index contributed by atoms with van der Waals surface area (Å²) in [6.45, 7) is 2.06. The number of methoxy groups -OCH3 is 2. The number of pyridine rings is 1. The average Bonchev–Trinajstić information content (AvgIpc) is 3.14. The van der Waals surface area contributed by atoms with E-state index < -0.39 is 0 Å². The van der Waals surface area contributed by atoms with Gasteiger partial charge in [-0.3, -0.25) is 9.20 Å². The van der Waals surface area contributed by atoms with Gasteiger partial charge in [0, 0.05) is 11.5 Å². The minimum Gasteiger partial charge on any atom is -0.497 e. The highest BCUT2D eigenvalue weighted by atomic mass is 32.2. The second-order valence-electron chi connectivity index (χ2n) is 6.30. The summed E-state index contributed by atoms with van der Waals surface area (Å²) in [7, 11) is 3.12. The summed E-state index contributed by atoms with van der Waals surface area (Å²) in [5, 5.41) is 10.4. The molecule has 0 atom stereocenters. The number of thioether (sulfide) groups is 1. The van der Waals surface area contributed by atoms with Crippen LogP contribution in [0.4, 0.5) is 0 Å². The molecule has 0 aliphatic carbocycles. The SMILES string of the molecule is COc1ccc(C(=O)CSc2nnc3cc(C)c4ccccc4n23)c(OC)c1. The number of ketones is 1. The highest BCUT2D eigenvalue weighted by molar-refractivity contribution is 7.99. The maximum absolute atomic E-state index is 12.8. The highest BCUT2D eigenvalue weighted by Crippen LogP contribution is 2.29. The third-order valence-electron chi connectivity index (χ3n) is 4.62. The van der Waals surface area contributed by atoms with Crippen LogP contribution in [0.2, 0.25) is 0 Å². The Balaban J connectivity index is 1.65. The summed E-state index contributed by atoms with van der Waals surface area (Å²) in [4.78, 5) is 12.8. The molecule has 4 rings (SSSR count). The van der Waals surface area contributed by atoms with E-state index in [1.807, 2.05) is 28.7 Å². The van der Waals surface area contributed by atoms with Crippen LogP contribution >= 0.6 is 11.8 Å². The van der Waals surface area contributed by atoms with Gasteiger partial charge in [0.15, 0.2) is 16.6 Å². The summed E-state index contributed by atoms with van der Waals surface area (Å²) in [5.41, 5.74) is 3.46. The van der Waals surface area contributed by atoms with Gasteiger partial charge in [-0.25, -0.2) is 0 Å². The molecule has 2 aromatic heterocycles. The molecular formula is C21H19N3O3S. The maximum atomic E-state index is 12.8. The van der Waals surface area contributed by atoms with Crippen molar-refractivity contribution in [3.05, 3.63) is 59.7 Å². The normalized spacial score (nSPS) is 11.1. The Kier molecular flexibility index (Phi) is 4.92. The van der Waals surface area contributed by atoms with Crippen molar-refractivity contribution in [1.29, 1.82) is 0 Å². The number of hydrogen-bond donors (Lipinski definition) is 0. The van der Waals surface area contributed by atoms with Gasteiger partial charge in [0.05, 0.1) is 31.1 Å². The molecule has 7 heteroatoms. The predicted octanol–water partition coefficient (Wildman–Crippen LogP) is 4.18. The number of fused-ring (bicyclic) bond motifs is 3. The van der Waals surface area contributed by atoms with Crippen LogP contribution in [0.15, 0.2) is 53.7 Å². The summed E-state index contributed by atoms with van der Waals surface area (Å²) >= 11 is 1.36. The Hall–Kier alpha value is -3.06. The van der Waals surface area contributed by atoms with Gasteiger partial charge in [-0.05, 0) is 36.8 Å². The number of hydrogen-bond acceptors (Lipinski definition) is 6. The van der Waals surface area contributed by atoms with E-state index in [1.54, 1.807) is 32.4 Å². The van der Waals surface area contributed by atoms with E-state index in [0.29, 0.717) is 22.2 Å². The number of aryl methyl sites for hydroxylation is 1. The molecule has 2 heterocycles. The van der Waals surface area contributed by atoms with E-state index in [2.05, 4.69) is 23.2 Å². The van der Waals surface area contributed by atoms with Crippen molar-refractivity contribution in [2.45, 2.75) is 12.1 Å². The second kappa shape index (κ2) is 7.52. The molecule has 28 heavy (non-hydrogen) atoms. The van der Waals surface area contributed by atoms with Crippen molar-refractivity contribution in [1.82, 2.24) is 14.6 Å². The third kappa shape index (κ3) is 3.18. The van der Waals surface area contributed by atoms with E-state index >= 15 is 0 Å². The van der Waals surface area contributed by atoms with Crippen molar-refractivity contribution in [3.63, 3.8) is 0 Å². The molecule has 0 N–H and O–H groups in total. The predicted molar refractivity (Wildman–Crippen MR) is 110 cm³/mol. The number of ether oxygens (including phenoxy) is 2. The van der Waals surface area contributed by atoms with Crippen LogP contribution in [0.25, 0.3) is 16.6 Å². The molecule has 142 valence electrons. The lowest BCUT2D eigenvalue weighted by molar-refractivity contribution is 0.101. The molecule has 0 spiro atoms. The standard InChI is InChI=1S/C21H19N3O3S/c1-13-10-20-22-23-21(24(20)17-7-5-4-6-15(13)17)28-12-18(25)16-9-8-14(26-2)11-19(16)27-3/h4-11H,12H2,1-3H3. The molecule has 0 aliphatic rings. The van der Waals surface area contributed by atoms with Gasteiger partial charge in [-0.1, -0.05) is 30.0 Å². The maximum Gasteiger partial charge on any atom is 0.196 e. The fourth-order valence-corrected chi connectivity index (χ4v) is 4.04. The van der Waals surface area contributed by atoms with Crippen LogP contribution in [0.5, 0.6) is 11.5 Å². The molecule has 4 aromatic rings. The minimum absolute atomic E-state index is 0.0438. The van der Waals surface area contributed by atoms with Crippen molar-refractivity contribution in [2.24, 2.45) is 0 Å². The minimum atomic E-state index is -0.0438. The van der Waals surface area contributed by atoms with Gasteiger partial charge < -0.3 is 9.47 Å². The van der Waals surface area contributed by atoms with E-state index in [-0.39, 0.29) is 11.5 Å². The van der Waals surface area contributed by atoms with Crippen LogP contribution in [-0.2, 0) is 0 Å². The van der Waals surface area contributed by atoms with Gasteiger partial charge in [0.1, 0.15) is 11.5 Å². The van der Waals surface area contributed by atoms with E-state index in [4.69, 9.17) is 9.47 Å². The number of aromatic nitrogens is 3. The third-order valence-corrected chi connectivity index (χ3v) is 5.54. The van der Waals surface area contributed by atoms with Crippen molar-refractivity contribution in [2.75, 3.05) is 20.0 Å². The van der Waals surface area contributed by atoms with Crippen LogP contribution in [0.3, 0.4) is 0 Å². The first-order valence-electron chi connectivity index (χ1n) is 8.74. The highest BCUT2D eigenvalue weighted by Gasteiger charge is 2.17. The lowest BCUT2D eigenvalue weighted by Crippen LogP contribution is -2.06. The summed E-state index contributed by atoms with van der Waals surface area (Å²) in [6, 6.07) is 15.3. The largest absolute Gasteiger partial charge is 0.497 e. The van der Waals surface area contributed by atoms with Gasteiger partial charge in [0.2, 0.25) is 0 Å². The summed E-state index contributed by atoms with van der Waals surface area (Å²) in [6.07, 6.45) is 0. The Morgan fingerprint density at radius 1 is 1.07 bits per heavy atom. The Bertz CT molecular complexity index is 1190. The van der Waals surface area contributed by atoms with Gasteiger partial charge in [-0.15, -0.1) is 10.2 Å². The summed E-state index contributed by atoms with van der Waals surface area (Å²) in [5.74, 6) is 1.33. The number of carbonyl (C=O) groups excluding carboxylic acids is 1. The molecule has 0 unspecified atom stereocenters. The molecule has 0 saturated heterocycles. The molecule has 0 fully saturated rings. The topological polar surface area (TPSA) is 65.7 Å². The average molecular weight is 393 g/mol. The zero-order chi connectivity index (χ0) is 19.7. The van der Waals surface area contributed by atoms with Crippen LogP contribution < -0.4 is 9.47 Å². The first-order chi connectivity index (χ1) is 13.6. The van der Waals surface area contributed by atoms with Crippen LogP contribution in [0, 0.1) is 6.92 Å². The van der Waals surface area contributed by atoms with Crippen molar-refractivity contribution in [3.8, 4) is 11.5 Å². The smallest absolute Gasteiger partial charge is 0.196 e.